The molecule has 2 rings (SSSR count). The van der Waals surface area contributed by atoms with Gasteiger partial charge in [0.1, 0.15) is 15.4 Å². The van der Waals surface area contributed by atoms with Gasteiger partial charge in [0.25, 0.3) is 5.91 Å². The normalized spacial score (nSPS) is 27.9. The maximum Gasteiger partial charge on any atom is 0.352 e. The molecule has 1 fully saturated rings. The minimum Gasteiger partial charge on any atom is -0.477 e. The number of carboxylic acids is 1. The molecular formula is C12H14BrClN2O3S. The molecule has 110 valence electrons. The van der Waals surface area contributed by atoms with E-state index in [0.717, 1.165) is 0 Å². The van der Waals surface area contributed by atoms with E-state index in [2.05, 4.69) is 20.9 Å². The third-order valence-electron chi connectivity index (χ3n) is 2.98. The Morgan fingerprint density at radius 3 is 2.80 bits per heavy atom. The van der Waals surface area contributed by atoms with E-state index in [-0.39, 0.29) is 22.9 Å². The van der Waals surface area contributed by atoms with Crippen LogP contribution in [0.15, 0.2) is 16.3 Å². The number of carbonyl (C=O) groups excluding carboxylic acids is 1. The Kier molecular flexibility index (Phi) is 4.81. The van der Waals surface area contributed by atoms with Gasteiger partial charge in [0.2, 0.25) is 0 Å². The van der Waals surface area contributed by atoms with Gasteiger partial charge in [0.05, 0.1) is 0 Å². The molecule has 0 aromatic heterocycles. The molecule has 2 heterocycles. The summed E-state index contributed by atoms with van der Waals surface area (Å²) in [6, 6.07) is -0.484. The van der Waals surface area contributed by atoms with Crippen molar-refractivity contribution in [2.75, 3.05) is 5.75 Å². The fraction of sp³-hybridized carbons (Fsp3) is 0.583. The molecule has 2 aliphatic heterocycles. The minimum atomic E-state index is -1.13. The van der Waals surface area contributed by atoms with Crippen LogP contribution in [0.2, 0.25) is 0 Å². The molecule has 0 aliphatic carbocycles. The van der Waals surface area contributed by atoms with E-state index < -0.39 is 16.3 Å². The van der Waals surface area contributed by atoms with Gasteiger partial charge in [-0.3, -0.25) is 14.7 Å². The lowest BCUT2D eigenvalue weighted by molar-refractivity contribution is -0.147. The summed E-state index contributed by atoms with van der Waals surface area (Å²) in [6.45, 7) is 3.95. The monoisotopic (exact) mass is 380 g/mol. The average Bonchev–Trinajstić information content (AvgIpc) is 2.36. The van der Waals surface area contributed by atoms with Crippen molar-refractivity contribution in [3.8, 4) is 0 Å². The molecular weight excluding hydrogens is 368 g/mol. The summed E-state index contributed by atoms with van der Waals surface area (Å²) in [5.41, 5.74) is 0.506. The summed E-state index contributed by atoms with van der Waals surface area (Å²) in [4.78, 5) is 29.1. The predicted molar refractivity (Wildman–Crippen MR) is 83.4 cm³/mol. The Bertz CT molecular complexity index is 507. The number of aliphatic carboxylic acids is 1. The molecule has 0 saturated carbocycles. The Hall–Kier alpha value is -0.530. The fourth-order valence-electron chi connectivity index (χ4n) is 2.06. The van der Waals surface area contributed by atoms with Crippen LogP contribution in [0.5, 0.6) is 0 Å². The van der Waals surface area contributed by atoms with Gasteiger partial charge >= 0.3 is 5.97 Å². The van der Waals surface area contributed by atoms with Crippen molar-refractivity contribution in [3.05, 3.63) is 11.3 Å². The highest BCUT2D eigenvalue weighted by atomic mass is 79.9. The maximum absolute atomic E-state index is 12.1. The average molecular weight is 382 g/mol. The number of carbonyl (C=O) groups is 2. The summed E-state index contributed by atoms with van der Waals surface area (Å²) in [5.74, 6) is -0.678. The van der Waals surface area contributed by atoms with Crippen LogP contribution in [0.4, 0.5) is 0 Å². The van der Waals surface area contributed by atoms with Crippen LogP contribution in [0.1, 0.15) is 13.8 Å². The highest BCUT2D eigenvalue weighted by Crippen LogP contribution is 2.43. The van der Waals surface area contributed by atoms with Crippen molar-refractivity contribution >= 4 is 57.4 Å². The van der Waals surface area contributed by atoms with Gasteiger partial charge < -0.3 is 5.11 Å². The topological polar surface area (TPSA) is 70.0 Å². The smallest absolute Gasteiger partial charge is 0.352 e. The molecule has 5 nitrogen and oxygen atoms in total. The minimum absolute atomic E-state index is 0.00776. The summed E-state index contributed by atoms with van der Waals surface area (Å²) in [7, 11) is 0. The number of alkyl halides is 2. The lowest BCUT2D eigenvalue weighted by Crippen LogP contribution is -2.64. The standard InChI is InChI=1S/C12H14BrClN2O3S/c1-5(2)3-15-7-10(17)16-8(12(18)19)6(9(13)14)4-20-11(7)16/h3,5,7,9,11H,4H2,1-2H3,(H,18,19)/t7-,9?,11+/m1/s1. The van der Waals surface area contributed by atoms with E-state index in [1.54, 1.807) is 6.21 Å². The van der Waals surface area contributed by atoms with Crippen molar-refractivity contribution in [3.63, 3.8) is 0 Å². The van der Waals surface area contributed by atoms with Crippen molar-refractivity contribution in [1.29, 1.82) is 0 Å². The van der Waals surface area contributed by atoms with Crippen molar-refractivity contribution in [2.24, 2.45) is 10.9 Å². The Labute approximate surface area is 134 Å². The van der Waals surface area contributed by atoms with E-state index >= 15 is 0 Å². The van der Waals surface area contributed by atoms with Crippen LogP contribution in [0.25, 0.3) is 0 Å². The Morgan fingerprint density at radius 2 is 2.30 bits per heavy atom. The van der Waals surface area contributed by atoms with Crippen LogP contribution in [0.3, 0.4) is 0 Å². The second-order valence-electron chi connectivity index (χ2n) is 4.88. The molecule has 3 atom stereocenters. The van der Waals surface area contributed by atoms with Gasteiger partial charge in [0.15, 0.2) is 6.04 Å². The Balaban J connectivity index is 2.28. The molecule has 0 aromatic carbocycles. The molecule has 20 heavy (non-hydrogen) atoms. The van der Waals surface area contributed by atoms with Crippen molar-refractivity contribution in [1.82, 2.24) is 4.90 Å². The lowest BCUT2D eigenvalue weighted by atomic mass is 10.0. The number of β-lactam (4-membered cyclic amide) rings is 1. The number of amides is 1. The number of nitrogens with zero attached hydrogens (tertiary/aromatic N) is 2. The Morgan fingerprint density at radius 1 is 1.65 bits per heavy atom. The summed E-state index contributed by atoms with van der Waals surface area (Å²) in [6.07, 6.45) is 1.73. The number of carboxylic acid groups (broad SMARTS) is 1. The van der Waals surface area contributed by atoms with Crippen LogP contribution < -0.4 is 0 Å². The molecule has 1 unspecified atom stereocenters. The van der Waals surface area contributed by atoms with Crippen molar-refractivity contribution < 1.29 is 14.7 Å². The number of halogens is 2. The summed E-state index contributed by atoms with van der Waals surface area (Å²) in [5, 5.41) is 9.08. The molecule has 8 heteroatoms. The van der Waals surface area contributed by atoms with Crippen LogP contribution in [-0.4, -0.2) is 49.6 Å². The molecule has 1 N–H and O–H groups in total. The van der Waals surface area contributed by atoms with Crippen LogP contribution >= 0.6 is 39.3 Å². The number of hydrogen-bond acceptors (Lipinski definition) is 4. The third kappa shape index (κ3) is 2.76. The van der Waals surface area contributed by atoms with E-state index in [9.17, 15) is 14.7 Å². The van der Waals surface area contributed by atoms with E-state index in [0.29, 0.717) is 11.3 Å². The van der Waals surface area contributed by atoms with Gasteiger partial charge in [-0.1, -0.05) is 29.8 Å². The second kappa shape index (κ2) is 6.07. The van der Waals surface area contributed by atoms with Gasteiger partial charge in [-0.05, 0) is 11.5 Å². The maximum atomic E-state index is 12.1. The zero-order chi connectivity index (χ0) is 15.0. The number of hydrogen-bond donors (Lipinski definition) is 1. The molecule has 1 amide bonds. The molecule has 0 bridgehead atoms. The fourth-order valence-corrected chi connectivity index (χ4v) is 4.31. The highest BCUT2D eigenvalue weighted by Gasteiger charge is 2.53. The van der Waals surface area contributed by atoms with Crippen LogP contribution in [0, 0.1) is 5.92 Å². The summed E-state index contributed by atoms with van der Waals surface area (Å²) >= 11 is 10.6. The first-order valence-electron chi connectivity index (χ1n) is 6.07. The quantitative estimate of drug-likeness (QED) is 0.461. The molecule has 0 radical (unpaired) electrons. The summed E-state index contributed by atoms with van der Waals surface area (Å²) < 4.78 is -0.590. The third-order valence-corrected chi connectivity index (χ3v) is 5.08. The first-order chi connectivity index (χ1) is 9.34. The van der Waals surface area contributed by atoms with E-state index in [1.165, 1.54) is 16.7 Å². The largest absolute Gasteiger partial charge is 0.477 e. The molecule has 2 aliphatic rings. The number of aliphatic imine (C=N–C) groups is 1. The lowest BCUT2D eigenvalue weighted by Gasteiger charge is -2.48. The van der Waals surface area contributed by atoms with Crippen molar-refractivity contribution in [2.45, 2.75) is 29.5 Å². The first-order valence-corrected chi connectivity index (χ1v) is 8.47. The first kappa shape index (κ1) is 15.9. The van der Waals surface area contributed by atoms with Gasteiger partial charge in [-0.2, -0.15) is 0 Å². The zero-order valence-corrected chi connectivity index (χ0v) is 14.1. The molecule has 1 saturated heterocycles. The van der Waals surface area contributed by atoms with Crippen LogP contribution in [-0.2, 0) is 9.59 Å². The number of rotatable bonds is 4. The van der Waals surface area contributed by atoms with Gasteiger partial charge in [0, 0.05) is 12.0 Å². The molecule has 0 spiro atoms. The predicted octanol–water partition coefficient (Wildman–Crippen LogP) is 2.30. The van der Waals surface area contributed by atoms with E-state index in [1.807, 2.05) is 13.8 Å². The van der Waals surface area contributed by atoms with Gasteiger partial charge in [-0.15, -0.1) is 23.4 Å². The van der Waals surface area contributed by atoms with Gasteiger partial charge in [-0.25, -0.2) is 4.79 Å². The zero-order valence-electron chi connectivity index (χ0n) is 10.9. The SMILES string of the molecule is CC(C)C=N[C@@H]1C(=O)N2C(C(=O)O)=C(C(Cl)Br)CS[C@@H]12. The van der Waals surface area contributed by atoms with E-state index in [4.69, 9.17) is 11.6 Å². The molecule has 0 aromatic rings. The second-order valence-corrected chi connectivity index (χ2v) is 7.86. The highest BCUT2D eigenvalue weighted by molar-refractivity contribution is 9.10. The number of thioether (sulfide) groups is 1. The number of fused-ring (bicyclic) bond motifs is 1.